The van der Waals surface area contributed by atoms with E-state index in [1.807, 2.05) is 13.1 Å². The molecule has 0 amide bonds. The van der Waals surface area contributed by atoms with Crippen LogP contribution in [0, 0.1) is 0 Å². The lowest BCUT2D eigenvalue weighted by atomic mass is 9.83. The molecule has 15 heavy (non-hydrogen) atoms. The fourth-order valence-corrected chi connectivity index (χ4v) is 2.54. The number of halogens is 2. The van der Waals surface area contributed by atoms with E-state index in [-0.39, 0.29) is 12.4 Å². The van der Waals surface area contributed by atoms with Crippen LogP contribution >= 0.6 is 24.0 Å². The highest BCUT2D eigenvalue weighted by atomic mass is 35.5. The van der Waals surface area contributed by atoms with Crippen LogP contribution < -0.4 is 5.32 Å². The minimum Gasteiger partial charge on any atom is -0.319 e. The molecule has 3 heteroatoms. The number of nitrogens with one attached hydrogen (secondary N) is 1. The first-order valence-electron chi connectivity index (χ1n) is 5.24. The summed E-state index contributed by atoms with van der Waals surface area (Å²) >= 11 is 5.99. The van der Waals surface area contributed by atoms with Gasteiger partial charge in [-0.3, -0.25) is 0 Å². The molecule has 1 N–H and O–H groups in total. The van der Waals surface area contributed by atoms with Crippen molar-refractivity contribution in [2.24, 2.45) is 0 Å². The van der Waals surface area contributed by atoms with Crippen LogP contribution in [0.2, 0.25) is 5.02 Å². The summed E-state index contributed by atoms with van der Waals surface area (Å²) in [6.45, 7) is 1.08. The molecular weight excluding hydrogens is 229 g/mol. The summed E-state index contributed by atoms with van der Waals surface area (Å²) in [6.07, 6.45) is 3.78. The second-order valence-corrected chi connectivity index (χ2v) is 4.43. The lowest BCUT2D eigenvalue weighted by Crippen LogP contribution is -2.21. The molecular formula is C12H17Cl2N. The van der Waals surface area contributed by atoms with Crippen LogP contribution in [0.5, 0.6) is 0 Å². The second-order valence-electron chi connectivity index (χ2n) is 3.99. The Balaban J connectivity index is 0.00000112. The lowest BCUT2D eigenvalue weighted by Gasteiger charge is -2.25. The third-order valence-electron chi connectivity index (χ3n) is 2.99. The van der Waals surface area contributed by atoms with E-state index in [1.165, 1.54) is 30.4 Å². The molecule has 0 saturated heterocycles. The minimum atomic E-state index is 0. The highest BCUT2D eigenvalue weighted by molar-refractivity contribution is 6.30. The molecule has 1 aromatic carbocycles. The Hall–Kier alpha value is -0.240. The number of hydrogen-bond acceptors (Lipinski definition) is 1. The number of aryl methyl sites for hydroxylation is 1. The second kappa shape index (κ2) is 5.74. The van der Waals surface area contributed by atoms with Gasteiger partial charge < -0.3 is 5.32 Å². The Morgan fingerprint density at radius 3 is 3.00 bits per heavy atom. The first kappa shape index (κ1) is 12.8. The molecule has 0 saturated carbocycles. The van der Waals surface area contributed by atoms with Crippen LogP contribution in [0.15, 0.2) is 18.2 Å². The zero-order valence-electron chi connectivity index (χ0n) is 8.92. The van der Waals surface area contributed by atoms with Gasteiger partial charge in [0, 0.05) is 11.6 Å². The molecule has 1 atom stereocenters. The summed E-state index contributed by atoms with van der Waals surface area (Å²) in [5.41, 5.74) is 2.94. The van der Waals surface area contributed by atoms with Gasteiger partial charge in [0.1, 0.15) is 0 Å². The van der Waals surface area contributed by atoms with E-state index < -0.39 is 0 Å². The van der Waals surface area contributed by atoms with Crippen molar-refractivity contribution in [3.63, 3.8) is 0 Å². The Morgan fingerprint density at radius 2 is 2.27 bits per heavy atom. The molecule has 0 spiro atoms. The summed E-state index contributed by atoms with van der Waals surface area (Å²) in [6, 6.07) is 6.33. The number of fused-ring (bicyclic) bond motifs is 1. The highest BCUT2D eigenvalue weighted by Gasteiger charge is 2.19. The average molecular weight is 246 g/mol. The SMILES string of the molecule is CNCC1CCCc2cc(Cl)ccc21.Cl. The molecule has 84 valence electrons. The Labute approximate surface area is 103 Å². The molecule has 0 aliphatic heterocycles. The van der Waals surface area contributed by atoms with Gasteiger partial charge >= 0.3 is 0 Å². The van der Waals surface area contributed by atoms with Crippen molar-refractivity contribution in [2.45, 2.75) is 25.2 Å². The van der Waals surface area contributed by atoms with Crippen molar-refractivity contribution < 1.29 is 0 Å². The Kier molecular flexibility index (Phi) is 4.91. The first-order valence-corrected chi connectivity index (χ1v) is 5.62. The van der Waals surface area contributed by atoms with Gasteiger partial charge in [0.15, 0.2) is 0 Å². The van der Waals surface area contributed by atoms with Crippen molar-refractivity contribution in [2.75, 3.05) is 13.6 Å². The van der Waals surface area contributed by atoms with Gasteiger partial charge in [0.25, 0.3) is 0 Å². The maximum absolute atomic E-state index is 5.99. The maximum atomic E-state index is 5.99. The van der Waals surface area contributed by atoms with E-state index in [0.29, 0.717) is 5.92 Å². The zero-order chi connectivity index (χ0) is 9.97. The smallest absolute Gasteiger partial charge is 0.0408 e. The quantitative estimate of drug-likeness (QED) is 0.843. The summed E-state index contributed by atoms with van der Waals surface area (Å²) in [5, 5.41) is 4.13. The molecule has 1 aromatic rings. The normalized spacial score (nSPS) is 19.2. The van der Waals surface area contributed by atoms with Gasteiger partial charge in [-0.05, 0) is 55.5 Å². The van der Waals surface area contributed by atoms with Crippen LogP contribution in [0.3, 0.4) is 0 Å². The number of hydrogen-bond donors (Lipinski definition) is 1. The molecule has 1 aliphatic carbocycles. The first-order chi connectivity index (χ1) is 6.81. The summed E-state index contributed by atoms with van der Waals surface area (Å²) in [7, 11) is 2.02. The molecule has 1 aliphatic rings. The molecule has 1 nitrogen and oxygen atoms in total. The van der Waals surface area contributed by atoms with Gasteiger partial charge in [0.2, 0.25) is 0 Å². The highest BCUT2D eigenvalue weighted by Crippen LogP contribution is 2.32. The maximum Gasteiger partial charge on any atom is 0.0408 e. The topological polar surface area (TPSA) is 12.0 Å². The Morgan fingerprint density at radius 1 is 1.47 bits per heavy atom. The molecule has 2 rings (SSSR count). The predicted octanol–water partition coefficient (Wildman–Crippen LogP) is 3.40. The van der Waals surface area contributed by atoms with Crippen LogP contribution in [-0.2, 0) is 6.42 Å². The number of benzene rings is 1. The molecule has 0 radical (unpaired) electrons. The van der Waals surface area contributed by atoms with Crippen molar-refractivity contribution in [3.8, 4) is 0 Å². The molecule has 0 aromatic heterocycles. The van der Waals surface area contributed by atoms with Crippen molar-refractivity contribution in [3.05, 3.63) is 34.3 Å². The largest absolute Gasteiger partial charge is 0.319 e. The standard InChI is InChI=1S/C12H16ClN.ClH/c1-14-8-10-4-2-3-9-7-11(13)5-6-12(9)10;/h5-7,10,14H,2-4,8H2,1H3;1H. The van der Waals surface area contributed by atoms with E-state index >= 15 is 0 Å². The predicted molar refractivity (Wildman–Crippen MR) is 68.3 cm³/mol. The van der Waals surface area contributed by atoms with Crippen molar-refractivity contribution in [1.29, 1.82) is 0 Å². The van der Waals surface area contributed by atoms with Crippen molar-refractivity contribution >= 4 is 24.0 Å². The summed E-state index contributed by atoms with van der Waals surface area (Å²) in [5.74, 6) is 0.681. The van der Waals surface area contributed by atoms with E-state index in [1.54, 1.807) is 0 Å². The molecule has 0 bridgehead atoms. The van der Waals surface area contributed by atoms with E-state index in [4.69, 9.17) is 11.6 Å². The summed E-state index contributed by atoms with van der Waals surface area (Å²) in [4.78, 5) is 0. The third-order valence-corrected chi connectivity index (χ3v) is 3.23. The Bertz CT molecular complexity index is 325. The van der Waals surface area contributed by atoms with Gasteiger partial charge in [-0.2, -0.15) is 0 Å². The van der Waals surface area contributed by atoms with Crippen LogP contribution in [0.25, 0.3) is 0 Å². The van der Waals surface area contributed by atoms with Gasteiger partial charge in [-0.1, -0.05) is 17.7 Å². The monoisotopic (exact) mass is 245 g/mol. The zero-order valence-corrected chi connectivity index (χ0v) is 10.5. The summed E-state index contributed by atoms with van der Waals surface area (Å²) < 4.78 is 0. The van der Waals surface area contributed by atoms with E-state index in [2.05, 4.69) is 17.4 Å². The molecule has 1 unspecified atom stereocenters. The fourth-order valence-electron chi connectivity index (χ4n) is 2.34. The molecule has 0 fully saturated rings. The van der Waals surface area contributed by atoms with Gasteiger partial charge in [-0.25, -0.2) is 0 Å². The minimum absolute atomic E-state index is 0. The van der Waals surface area contributed by atoms with Crippen LogP contribution in [-0.4, -0.2) is 13.6 Å². The fraction of sp³-hybridized carbons (Fsp3) is 0.500. The molecule has 0 heterocycles. The van der Waals surface area contributed by atoms with Gasteiger partial charge in [0.05, 0.1) is 0 Å². The third kappa shape index (κ3) is 2.87. The number of likely N-dealkylation sites (N-methyl/N-ethyl adjacent to an activating group) is 1. The average Bonchev–Trinajstić information content (AvgIpc) is 2.18. The lowest BCUT2D eigenvalue weighted by molar-refractivity contribution is 0.529. The van der Waals surface area contributed by atoms with E-state index in [9.17, 15) is 0 Å². The van der Waals surface area contributed by atoms with Crippen molar-refractivity contribution in [1.82, 2.24) is 5.32 Å². The van der Waals surface area contributed by atoms with Crippen LogP contribution in [0.4, 0.5) is 0 Å². The van der Waals surface area contributed by atoms with Gasteiger partial charge in [-0.15, -0.1) is 12.4 Å². The van der Waals surface area contributed by atoms with E-state index in [0.717, 1.165) is 11.6 Å². The van der Waals surface area contributed by atoms with Crippen LogP contribution in [0.1, 0.15) is 29.9 Å². The number of rotatable bonds is 2.